The first kappa shape index (κ1) is 13.9. The normalized spacial score (nSPS) is 12.4. The van der Waals surface area contributed by atoms with Crippen molar-refractivity contribution in [3.8, 4) is 0 Å². The van der Waals surface area contributed by atoms with Crippen LogP contribution in [-0.2, 0) is 9.53 Å². The fourth-order valence-corrected chi connectivity index (χ4v) is 1.37. The third-order valence-corrected chi connectivity index (χ3v) is 2.36. The lowest BCUT2D eigenvalue weighted by Crippen LogP contribution is -2.16. The number of halogens is 2. The lowest BCUT2D eigenvalue weighted by atomic mass is 10.1. The molecule has 17 heavy (non-hydrogen) atoms. The number of hydrogen-bond donors (Lipinski definition) is 2. The van der Waals surface area contributed by atoms with E-state index in [9.17, 15) is 9.18 Å². The maximum absolute atomic E-state index is 13.2. The Kier molecular flexibility index (Phi) is 5.34. The Labute approximate surface area is 103 Å². The summed E-state index contributed by atoms with van der Waals surface area (Å²) in [6.07, 6.45) is -0.937. The minimum Gasteiger partial charge on any atom is -0.479 e. The molecule has 0 spiro atoms. The van der Waals surface area contributed by atoms with Crippen molar-refractivity contribution in [1.82, 2.24) is 0 Å². The number of carboxylic acids is 1. The minimum atomic E-state index is -1.26. The van der Waals surface area contributed by atoms with Gasteiger partial charge >= 0.3 is 5.97 Å². The molecule has 0 heterocycles. The molecule has 0 amide bonds. The number of hydrogen-bond acceptors (Lipinski definition) is 3. The predicted octanol–water partition coefficient (Wildman–Crippen LogP) is 2.00. The first-order chi connectivity index (χ1) is 8.06. The molecule has 0 aliphatic carbocycles. The van der Waals surface area contributed by atoms with Gasteiger partial charge in [0.1, 0.15) is 5.82 Å². The van der Waals surface area contributed by atoms with Gasteiger partial charge in [0, 0.05) is 6.61 Å². The largest absolute Gasteiger partial charge is 0.479 e. The SMILES string of the molecule is O=C(O)C(OCCCO)c1ccc(Cl)c(F)c1. The molecule has 2 N–H and O–H groups in total. The summed E-state index contributed by atoms with van der Waals surface area (Å²) in [5, 5.41) is 17.4. The highest BCUT2D eigenvalue weighted by atomic mass is 35.5. The molecule has 1 unspecified atom stereocenters. The Balaban J connectivity index is 2.82. The van der Waals surface area contributed by atoms with Gasteiger partial charge in [-0.1, -0.05) is 17.7 Å². The average Bonchev–Trinajstić information content (AvgIpc) is 2.28. The van der Waals surface area contributed by atoms with E-state index in [1.165, 1.54) is 12.1 Å². The Morgan fingerprint density at radius 1 is 1.53 bits per heavy atom. The maximum Gasteiger partial charge on any atom is 0.337 e. The highest BCUT2D eigenvalue weighted by molar-refractivity contribution is 6.30. The van der Waals surface area contributed by atoms with Crippen molar-refractivity contribution in [2.45, 2.75) is 12.5 Å². The van der Waals surface area contributed by atoms with E-state index in [0.29, 0.717) is 6.42 Å². The molecule has 0 aliphatic heterocycles. The summed E-state index contributed by atoms with van der Waals surface area (Å²) in [6, 6.07) is 3.70. The van der Waals surface area contributed by atoms with E-state index in [1.54, 1.807) is 0 Å². The van der Waals surface area contributed by atoms with Crippen molar-refractivity contribution in [1.29, 1.82) is 0 Å². The van der Waals surface area contributed by atoms with E-state index in [0.717, 1.165) is 6.07 Å². The number of carboxylic acid groups (broad SMARTS) is 1. The van der Waals surface area contributed by atoms with Gasteiger partial charge in [-0.15, -0.1) is 0 Å². The lowest BCUT2D eigenvalue weighted by molar-refractivity contribution is -0.151. The molecule has 6 heteroatoms. The molecular weight excluding hydrogens is 251 g/mol. The second kappa shape index (κ2) is 6.54. The number of ether oxygens (including phenoxy) is 1. The monoisotopic (exact) mass is 262 g/mol. The molecule has 1 atom stereocenters. The van der Waals surface area contributed by atoms with Crippen molar-refractivity contribution in [3.05, 3.63) is 34.6 Å². The molecule has 0 fully saturated rings. The predicted molar refractivity (Wildman–Crippen MR) is 59.4 cm³/mol. The summed E-state index contributed by atoms with van der Waals surface area (Å²) < 4.78 is 18.2. The lowest BCUT2D eigenvalue weighted by Gasteiger charge is -2.14. The van der Waals surface area contributed by atoms with Gasteiger partial charge in [-0.25, -0.2) is 9.18 Å². The number of benzene rings is 1. The van der Waals surface area contributed by atoms with Gasteiger partial charge in [-0.3, -0.25) is 0 Å². The van der Waals surface area contributed by atoms with Crippen LogP contribution in [0.5, 0.6) is 0 Å². The van der Waals surface area contributed by atoms with Crippen molar-refractivity contribution in [3.63, 3.8) is 0 Å². The van der Waals surface area contributed by atoms with Gasteiger partial charge in [-0.2, -0.15) is 0 Å². The number of aliphatic carboxylic acids is 1. The molecule has 0 saturated heterocycles. The smallest absolute Gasteiger partial charge is 0.337 e. The molecule has 94 valence electrons. The topological polar surface area (TPSA) is 66.8 Å². The zero-order valence-corrected chi connectivity index (χ0v) is 9.65. The summed E-state index contributed by atoms with van der Waals surface area (Å²) in [4.78, 5) is 10.9. The van der Waals surface area contributed by atoms with Gasteiger partial charge in [0.05, 0.1) is 11.6 Å². The molecule has 1 aromatic rings. The summed E-state index contributed by atoms with van der Waals surface area (Å²) in [5.41, 5.74) is 0.178. The molecule has 0 bridgehead atoms. The summed E-state index contributed by atoms with van der Waals surface area (Å²) in [7, 11) is 0. The van der Waals surface area contributed by atoms with E-state index in [1.807, 2.05) is 0 Å². The van der Waals surface area contributed by atoms with Gasteiger partial charge in [-0.05, 0) is 24.1 Å². The van der Waals surface area contributed by atoms with E-state index < -0.39 is 17.9 Å². The quantitative estimate of drug-likeness (QED) is 0.770. The summed E-state index contributed by atoms with van der Waals surface area (Å²) in [6.45, 7) is -0.0149. The fourth-order valence-electron chi connectivity index (χ4n) is 1.25. The van der Waals surface area contributed by atoms with Crippen molar-refractivity contribution >= 4 is 17.6 Å². The van der Waals surface area contributed by atoms with Crippen molar-refractivity contribution < 1.29 is 24.1 Å². The van der Waals surface area contributed by atoms with Crippen molar-refractivity contribution in [2.24, 2.45) is 0 Å². The first-order valence-corrected chi connectivity index (χ1v) is 5.34. The van der Waals surface area contributed by atoms with Crippen LogP contribution in [0, 0.1) is 5.82 Å². The number of rotatable bonds is 6. The molecule has 0 aliphatic rings. The molecular formula is C11H12ClFO4. The first-order valence-electron chi connectivity index (χ1n) is 4.96. The Morgan fingerprint density at radius 3 is 2.76 bits per heavy atom. The highest BCUT2D eigenvalue weighted by Gasteiger charge is 2.21. The van der Waals surface area contributed by atoms with Crippen LogP contribution in [0.1, 0.15) is 18.1 Å². The van der Waals surface area contributed by atoms with Crippen LogP contribution in [0.3, 0.4) is 0 Å². The van der Waals surface area contributed by atoms with Crippen LogP contribution >= 0.6 is 11.6 Å². The Morgan fingerprint density at radius 2 is 2.24 bits per heavy atom. The van der Waals surface area contributed by atoms with E-state index in [4.69, 9.17) is 26.6 Å². The Bertz CT molecular complexity index is 397. The minimum absolute atomic E-state index is 0.0757. The van der Waals surface area contributed by atoms with Gasteiger partial charge in [0.2, 0.25) is 0 Å². The van der Waals surface area contributed by atoms with Crippen LogP contribution < -0.4 is 0 Å². The third kappa shape index (κ3) is 3.96. The van der Waals surface area contributed by atoms with E-state index in [2.05, 4.69) is 0 Å². The highest BCUT2D eigenvalue weighted by Crippen LogP contribution is 2.23. The number of aliphatic hydroxyl groups is 1. The number of carbonyl (C=O) groups is 1. The molecule has 4 nitrogen and oxygen atoms in total. The van der Waals surface area contributed by atoms with Crippen LogP contribution in [0.2, 0.25) is 5.02 Å². The van der Waals surface area contributed by atoms with Crippen LogP contribution in [-0.4, -0.2) is 29.4 Å². The molecule has 1 aromatic carbocycles. The molecule has 0 saturated carbocycles. The zero-order valence-electron chi connectivity index (χ0n) is 8.90. The Hall–Kier alpha value is -1.17. The van der Waals surface area contributed by atoms with Crippen LogP contribution in [0.25, 0.3) is 0 Å². The average molecular weight is 263 g/mol. The molecule has 0 aromatic heterocycles. The van der Waals surface area contributed by atoms with Crippen LogP contribution in [0.15, 0.2) is 18.2 Å². The third-order valence-electron chi connectivity index (χ3n) is 2.06. The van der Waals surface area contributed by atoms with Crippen molar-refractivity contribution in [2.75, 3.05) is 13.2 Å². The van der Waals surface area contributed by atoms with Gasteiger partial charge in [0.25, 0.3) is 0 Å². The number of aliphatic hydroxyl groups excluding tert-OH is 1. The molecule has 0 radical (unpaired) electrons. The van der Waals surface area contributed by atoms with Crippen LogP contribution in [0.4, 0.5) is 4.39 Å². The standard InChI is InChI=1S/C11H12ClFO4/c12-8-3-2-7(6-9(8)13)10(11(15)16)17-5-1-4-14/h2-3,6,10,14H,1,4-5H2,(H,15,16). The zero-order chi connectivity index (χ0) is 12.8. The maximum atomic E-state index is 13.2. The van der Waals surface area contributed by atoms with E-state index in [-0.39, 0.29) is 23.8 Å². The van der Waals surface area contributed by atoms with Gasteiger partial charge < -0.3 is 14.9 Å². The fraction of sp³-hybridized carbons (Fsp3) is 0.364. The summed E-state index contributed by atoms with van der Waals surface area (Å²) >= 11 is 5.50. The van der Waals surface area contributed by atoms with Gasteiger partial charge in [0.15, 0.2) is 6.10 Å². The second-order valence-corrected chi connectivity index (χ2v) is 3.75. The molecule has 1 rings (SSSR count). The summed E-state index contributed by atoms with van der Waals surface area (Å²) in [5.74, 6) is -1.91. The van der Waals surface area contributed by atoms with E-state index >= 15 is 0 Å². The second-order valence-electron chi connectivity index (χ2n) is 3.34.